The van der Waals surface area contributed by atoms with Crippen LogP contribution in [0.5, 0.6) is 0 Å². The quantitative estimate of drug-likeness (QED) is 0.760. The Balaban J connectivity index is 1.95. The lowest BCUT2D eigenvalue weighted by Crippen LogP contribution is -2.59. The largest absolute Gasteiger partial charge is 0.390 e. The zero-order valence-corrected chi connectivity index (χ0v) is 15.2. The average Bonchev–Trinajstić information content (AvgIpc) is 2.39. The minimum absolute atomic E-state index is 0.275. The minimum atomic E-state index is -0.519. The molecule has 0 aromatic heterocycles. The van der Waals surface area contributed by atoms with Crippen LogP contribution in [0.25, 0.3) is 0 Å². The highest BCUT2D eigenvalue weighted by Gasteiger charge is 2.59. The minimum Gasteiger partial charge on any atom is -0.390 e. The Morgan fingerprint density at radius 3 is 2.32 bits per heavy atom. The molecule has 0 saturated heterocycles. The Bertz CT molecular complexity index is 416. The first-order chi connectivity index (χ1) is 10.2. The van der Waals surface area contributed by atoms with E-state index in [0.717, 1.165) is 12.3 Å². The van der Waals surface area contributed by atoms with Crippen LogP contribution in [0.2, 0.25) is 0 Å². The van der Waals surface area contributed by atoms with Crippen molar-refractivity contribution in [3.63, 3.8) is 0 Å². The summed E-state index contributed by atoms with van der Waals surface area (Å²) in [5, 5.41) is 21.1. The first-order valence-corrected chi connectivity index (χ1v) is 9.54. The third-order valence-corrected chi connectivity index (χ3v) is 7.98. The van der Waals surface area contributed by atoms with E-state index in [1.165, 1.54) is 32.1 Å². The molecule has 3 unspecified atom stereocenters. The van der Waals surface area contributed by atoms with Gasteiger partial charge >= 0.3 is 0 Å². The number of hydrogen-bond donors (Lipinski definition) is 2. The lowest BCUT2D eigenvalue weighted by molar-refractivity contribution is -0.182. The van der Waals surface area contributed by atoms with Gasteiger partial charge in [0, 0.05) is 0 Å². The van der Waals surface area contributed by atoms with Gasteiger partial charge in [-0.15, -0.1) is 0 Å². The summed E-state index contributed by atoms with van der Waals surface area (Å²) >= 11 is 0. The van der Waals surface area contributed by atoms with Gasteiger partial charge in [0.15, 0.2) is 0 Å². The fourth-order valence-corrected chi connectivity index (χ4v) is 7.08. The van der Waals surface area contributed by atoms with Gasteiger partial charge in [0.1, 0.15) is 0 Å². The molecular formula is C20H36O2. The second-order valence-corrected chi connectivity index (χ2v) is 9.86. The fourth-order valence-electron chi connectivity index (χ4n) is 7.08. The molecule has 0 aliphatic heterocycles. The molecule has 3 saturated carbocycles. The standard InChI is InChI=1S/C20H36O2/c1-12(2)17-13-7-8-16-19(3,4)9-6-10-20(16,5)14(13)11-15(21)18(17)22/h12-18,21-22H,6-11H2,1-5H3/t13-,14+,15?,16+,17?,18?,20-/m1/s1. The predicted octanol–water partition coefficient (Wildman–Crippen LogP) is 4.24. The number of aliphatic hydroxyl groups is 2. The van der Waals surface area contributed by atoms with Crippen LogP contribution >= 0.6 is 0 Å². The van der Waals surface area contributed by atoms with Crippen LogP contribution in [0.3, 0.4) is 0 Å². The van der Waals surface area contributed by atoms with E-state index >= 15 is 0 Å². The third kappa shape index (κ3) is 2.36. The summed E-state index contributed by atoms with van der Waals surface area (Å²) in [6.45, 7) is 11.9. The molecule has 3 rings (SSSR count). The lowest BCUT2D eigenvalue weighted by Gasteiger charge is -2.63. The Kier molecular flexibility index (Phi) is 4.18. The van der Waals surface area contributed by atoms with Crippen molar-refractivity contribution in [3.05, 3.63) is 0 Å². The SMILES string of the molecule is CC(C)C1C(O)C(O)C[C@H]2[C@H]1CC[C@H]1C(C)(C)CCC[C@]21C. The molecule has 0 spiro atoms. The summed E-state index contributed by atoms with van der Waals surface area (Å²) in [7, 11) is 0. The van der Waals surface area contributed by atoms with E-state index in [9.17, 15) is 10.2 Å². The number of aliphatic hydroxyl groups excluding tert-OH is 2. The maximum Gasteiger partial charge on any atom is 0.0832 e. The molecule has 0 aromatic rings. The molecule has 0 bridgehead atoms. The molecule has 22 heavy (non-hydrogen) atoms. The van der Waals surface area contributed by atoms with Crippen LogP contribution < -0.4 is 0 Å². The first-order valence-electron chi connectivity index (χ1n) is 9.54. The van der Waals surface area contributed by atoms with E-state index < -0.39 is 12.2 Å². The highest BCUT2D eigenvalue weighted by molar-refractivity contribution is 5.08. The van der Waals surface area contributed by atoms with Crippen LogP contribution in [0, 0.1) is 40.4 Å². The van der Waals surface area contributed by atoms with Gasteiger partial charge in [-0.1, -0.05) is 41.0 Å². The van der Waals surface area contributed by atoms with Gasteiger partial charge < -0.3 is 10.2 Å². The van der Waals surface area contributed by atoms with Crippen LogP contribution in [-0.2, 0) is 0 Å². The van der Waals surface area contributed by atoms with Crippen molar-refractivity contribution in [2.24, 2.45) is 40.4 Å². The van der Waals surface area contributed by atoms with Crippen molar-refractivity contribution in [3.8, 4) is 0 Å². The highest BCUT2D eigenvalue weighted by Crippen LogP contribution is 2.64. The van der Waals surface area contributed by atoms with Gasteiger partial charge in [-0.05, 0) is 72.5 Å². The molecule has 7 atom stereocenters. The molecule has 3 aliphatic carbocycles. The van der Waals surface area contributed by atoms with Crippen molar-refractivity contribution in [2.75, 3.05) is 0 Å². The van der Waals surface area contributed by atoms with Gasteiger partial charge in [0.25, 0.3) is 0 Å². The molecule has 2 nitrogen and oxygen atoms in total. The van der Waals surface area contributed by atoms with E-state index in [-0.39, 0.29) is 5.92 Å². The van der Waals surface area contributed by atoms with Crippen molar-refractivity contribution >= 4 is 0 Å². The normalized spacial score (nSPS) is 51.3. The van der Waals surface area contributed by atoms with Crippen LogP contribution in [0.1, 0.15) is 73.1 Å². The summed E-state index contributed by atoms with van der Waals surface area (Å²) < 4.78 is 0. The Morgan fingerprint density at radius 1 is 1.00 bits per heavy atom. The molecule has 128 valence electrons. The van der Waals surface area contributed by atoms with Crippen molar-refractivity contribution < 1.29 is 10.2 Å². The Morgan fingerprint density at radius 2 is 1.68 bits per heavy atom. The van der Waals surface area contributed by atoms with Crippen LogP contribution in [-0.4, -0.2) is 22.4 Å². The van der Waals surface area contributed by atoms with E-state index in [0.29, 0.717) is 28.6 Å². The third-order valence-electron chi connectivity index (χ3n) is 7.98. The maximum absolute atomic E-state index is 10.6. The Labute approximate surface area is 136 Å². The second-order valence-electron chi connectivity index (χ2n) is 9.86. The van der Waals surface area contributed by atoms with E-state index in [2.05, 4.69) is 34.6 Å². The predicted molar refractivity (Wildman–Crippen MR) is 90.4 cm³/mol. The first kappa shape index (κ1) is 16.8. The van der Waals surface area contributed by atoms with Crippen LogP contribution in [0.15, 0.2) is 0 Å². The molecule has 2 heteroatoms. The van der Waals surface area contributed by atoms with Crippen molar-refractivity contribution in [1.82, 2.24) is 0 Å². The Hall–Kier alpha value is -0.0800. The molecule has 0 amide bonds. The van der Waals surface area contributed by atoms with Gasteiger partial charge in [0.2, 0.25) is 0 Å². The summed E-state index contributed by atoms with van der Waals surface area (Å²) in [6.07, 6.45) is 6.34. The summed E-state index contributed by atoms with van der Waals surface area (Å²) in [5.74, 6) is 2.71. The molecule has 2 N–H and O–H groups in total. The monoisotopic (exact) mass is 308 g/mol. The summed E-state index contributed by atoms with van der Waals surface area (Å²) in [4.78, 5) is 0. The fraction of sp³-hybridized carbons (Fsp3) is 1.00. The lowest BCUT2D eigenvalue weighted by atomic mass is 9.42. The average molecular weight is 309 g/mol. The summed E-state index contributed by atoms with van der Waals surface area (Å²) in [6, 6.07) is 0. The molecule has 0 radical (unpaired) electrons. The van der Waals surface area contributed by atoms with E-state index in [1.54, 1.807) is 0 Å². The number of hydrogen-bond acceptors (Lipinski definition) is 2. The van der Waals surface area contributed by atoms with Crippen LogP contribution in [0.4, 0.5) is 0 Å². The summed E-state index contributed by atoms with van der Waals surface area (Å²) in [5.41, 5.74) is 0.797. The number of rotatable bonds is 1. The molecule has 3 fully saturated rings. The molecule has 3 aliphatic rings. The highest BCUT2D eigenvalue weighted by atomic mass is 16.3. The van der Waals surface area contributed by atoms with E-state index in [1.807, 2.05) is 0 Å². The zero-order chi connectivity index (χ0) is 16.3. The smallest absolute Gasteiger partial charge is 0.0832 e. The van der Waals surface area contributed by atoms with Crippen molar-refractivity contribution in [2.45, 2.75) is 85.4 Å². The van der Waals surface area contributed by atoms with Gasteiger partial charge in [-0.25, -0.2) is 0 Å². The molecule has 0 aromatic carbocycles. The van der Waals surface area contributed by atoms with E-state index in [4.69, 9.17) is 0 Å². The topological polar surface area (TPSA) is 40.5 Å². The number of fused-ring (bicyclic) bond motifs is 3. The zero-order valence-electron chi connectivity index (χ0n) is 15.2. The molecule has 0 heterocycles. The second kappa shape index (κ2) is 5.48. The van der Waals surface area contributed by atoms with Gasteiger partial charge in [-0.3, -0.25) is 0 Å². The van der Waals surface area contributed by atoms with Gasteiger partial charge in [-0.2, -0.15) is 0 Å². The van der Waals surface area contributed by atoms with Gasteiger partial charge in [0.05, 0.1) is 12.2 Å². The van der Waals surface area contributed by atoms with Crippen molar-refractivity contribution in [1.29, 1.82) is 0 Å². The maximum atomic E-state index is 10.6. The molecular weight excluding hydrogens is 272 g/mol.